The smallest absolute Gasteiger partial charge is 0.141 e. The molecule has 2 atom stereocenters. The standard InChI is InChI=1S/C15H21ClFNO/c1-10(2)7-15(3)9-18-8-14(19-15)11-4-5-13(17)12(16)6-11/h4-6,10,14,18H,7-9H2,1-3H3. The highest BCUT2D eigenvalue weighted by Crippen LogP contribution is 2.32. The van der Waals surface area contributed by atoms with Gasteiger partial charge in [0.25, 0.3) is 0 Å². The first-order chi connectivity index (χ1) is 8.89. The number of ether oxygens (including phenoxy) is 1. The van der Waals surface area contributed by atoms with Crippen LogP contribution in [0, 0.1) is 11.7 Å². The largest absolute Gasteiger partial charge is 0.365 e. The van der Waals surface area contributed by atoms with Crippen LogP contribution in [0.3, 0.4) is 0 Å². The van der Waals surface area contributed by atoms with Crippen LogP contribution in [0.1, 0.15) is 38.9 Å². The van der Waals surface area contributed by atoms with Crippen LogP contribution in [0.15, 0.2) is 18.2 Å². The molecular formula is C15H21ClFNO. The highest BCUT2D eigenvalue weighted by molar-refractivity contribution is 6.30. The Morgan fingerprint density at radius 2 is 2.26 bits per heavy atom. The van der Waals surface area contributed by atoms with Crippen molar-refractivity contribution in [2.45, 2.75) is 38.9 Å². The van der Waals surface area contributed by atoms with E-state index in [-0.39, 0.29) is 22.5 Å². The van der Waals surface area contributed by atoms with Gasteiger partial charge in [0.15, 0.2) is 0 Å². The van der Waals surface area contributed by atoms with Gasteiger partial charge in [-0.15, -0.1) is 0 Å². The number of hydrogen-bond donors (Lipinski definition) is 1. The van der Waals surface area contributed by atoms with E-state index in [4.69, 9.17) is 16.3 Å². The van der Waals surface area contributed by atoms with Crippen molar-refractivity contribution in [3.05, 3.63) is 34.6 Å². The highest BCUT2D eigenvalue weighted by Gasteiger charge is 2.34. The molecule has 2 unspecified atom stereocenters. The van der Waals surface area contributed by atoms with Crippen LogP contribution in [-0.4, -0.2) is 18.7 Å². The third-order valence-electron chi connectivity index (χ3n) is 3.41. The predicted octanol–water partition coefficient (Wildman–Crippen LogP) is 3.94. The van der Waals surface area contributed by atoms with Gasteiger partial charge in [0.05, 0.1) is 16.7 Å². The summed E-state index contributed by atoms with van der Waals surface area (Å²) < 4.78 is 19.4. The van der Waals surface area contributed by atoms with Crippen molar-refractivity contribution >= 4 is 11.6 Å². The fourth-order valence-electron chi connectivity index (χ4n) is 2.78. The Bertz CT molecular complexity index is 452. The summed E-state index contributed by atoms with van der Waals surface area (Å²) in [4.78, 5) is 0. The molecule has 0 aliphatic carbocycles. The number of hydrogen-bond acceptors (Lipinski definition) is 2. The molecule has 1 aromatic carbocycles. The van der Waals surface area contributed by atoms with Gasteiger partial charge >= 0.3 is 0 Å². The van der Waals surface area contributed by atoms with Gasteiger partial charge in [0.2, 0.25) is 0 Å². The quantitative estimate of drug-likeness (QED) is 0.908. The molecular weight excluding hydrogens is 265 g/mol. The van der Waals surface area contributed by atoms with Gasteiger partial charge in [0, 0.05) is 13.1 Å². The van der Waals surface area contributed by atoms with E-state index in [9.17, 15) is 4.39 Å². The summed E-state index contributed by atoms with van der Waals surface area (Å²) in [5, 5.41) is 3.55. The summed E-state index contributed by atoms with van der Waals surface area (Å²) in [5.74, 6) is 0.182. The predicted molar refractivity (Wildman–Crippen MR) is 76.0 cm³/mol. The summed E-state index contributed by atoms with van der Waals surface area (Å²) in [6, 6.07) is 4.80. The molecule has 1 aliphatic heterocycles. The lowest BCUT2D eigenvalue weighted by Gasteiger charge is -2.40. The van der Waals surface area contributed by atoms with Crippen LogP contribution in [0.5, 0.6) is 0 Å². The average Bonchev–Trinajstić information content (AvgIpc) is 2.31. The maximum atomic E-state index is 13.2. The second-order valence-electron chi connectivity index (χ2n) is 5.96. The van der Waals surface area contributed by atoms with E-state index in [1.165, 1.54) is 6.07 Å². The molecule has 4 heteroatoms. The summed E-state index contributed by atoms with van der Waals surface area (Å²) in [5.41, 5.74) is 0.742. The second-order valence-corrected chi connectivity index (χ2v) is 6.37. The molecule has 0 bridgehead atoms. The molecule has 0 aromatic heterocycles. The van der Waals surface area contributed by atoms with Crippen molar-refractivity contribution in [1.29, 1.82) is 0 Å². The molecule has 1 N–H and O–H groups in total. The van der Waals surface area contributed by atoms with Crippen LogP contribution >= 0.6 is 11.6 Å². The van der Waals surface area contributed by atoms with Crippen LogP contribution < -0.4 is 5.32 Å². The Morgan fingerprint density at radius 1 is 1.53 bits per heavy atom. The lowest BCUT2D eigenvalue weighted by Crippen LogP contribution is -2.49. The van der Waals surface area contributed by atoms with Gasteiger partial charge < -0.3 is 10.1 Å². The number of morpholine rings is 1. The summed E-state index contributed by atoms with van der Waals surface area (Å²) in [6.45, 7) is 8.07. The van der Waals surface area contributed by atoms with Crippen LogP contribution in [0.4, 0.5) is 4.39 Å². The molecule has 1 aromatic rings. The van der Waals surface area contributed by atoms with Crippen LogP contribution in [0.25, 0.3) is 0 Å². The Labute approximate surface area is 119 Å². The molecule has 1 fully saturated rings. The maximum absolute atomic E-state index is 13.2. The molecule has 2 rings (SSSR count). The van der Waals surface area contributed by atoms with E-state index in [0.717, 1.165) is 25.1 Å². The monoisotopic (exact) mass is 285 g/mol. The lowest BCUT2D eigenvalue weighted by atomic mass is 9.91. The number of halogens is 2. The van der Waals surface area contributed by atoms with E-state index in [1.807, 2.05) is 0 Å². The van der Waals surface area contributed by atoms with Gasteiger partial charge in [-0.25, -0.2) is 4.39 Å². The molecule has 1 heterocycles. The van der Waals surface area contributed by atoms with Crippen LogP contribution in [-0.2, 0) is 4.74 Å². The van der Waals surface area contributed by atoms with Crippen molar-refractivity contribution in [3.63, 3.8) is 0 Å². The van der Waals surface area contributed by atoms with Crippen molar-refractivity contribution in [2.24, 2.45) is 5.92 Å². The number of nitrogens with one attached hydrogen (secondary N) is 1. The first-order valence-corrected chi connectivity index (χ1v) is 7.11. The van der Waals surface area contributed by atoms with E-state index < -0.39 is 0 Å². The topological polar surface area (TPSA) is 21.3 Å². The summed E-state index contributed by atoms with van der Waals surface area (Å²) >= 11 is 5.84. The molecule has 2 nitrogen and oxygen atoms in total. The average molecular weight is 286 g/mol. The van der Waals surface area contributed by atoms with E-state index in [0.29, 0.717) is 5.92 Å². The Balaban J connectivity index is 2.14. The van der Waals surface area contributed by atoms with E-state index in [1.54, 1.807) is 12.1 Å². The molecule has 1 saturated heterocycles. The van der Waals surface area contributed by atoms with Crippen molar-refractivity contribution in [1.82, 2.24) is 5.32 Å². The minimum Gasteiger partial charge on any atom is -0.365 e. The fraction of sp³-hybridized carbons (Fsp3) is 0.600. The zero-order valence-electron chi connectivity index (χ0n) is 11.7. The molecule has 0 saturated carbocycles. The van der Waals surface area contributed by atoms with E-state index >= 15 is 0 Å². The molecule has 1 aliphatic rings. The van der Waals surface area contributed by atoms with Crippen molar-refractivity contribution in [3.8, 4) is 0 Å². The molecule has 0 radical (unpaired) electrons. The highest BCUT2D eigenvalue weighted by atomic mass is 35.5. The summed E-state index contributed by atoms with van der Waals surface area (Å²) in [6.07, 6.45) is 0.918. The zero-order chi connectivity index (χ0) is 14.0. The Hall–Kier alpha value is -0.640. The molecule has 19 heavy (non-hydrogen) atoms. The van der Waals surface area contributed by atoms with Gasteiger partial charge in [-0.3, -0.25) is 0 Å². The van der Waals surface area contributed by atoms with Gasteiger partial charge in [-0.2, -0.15) is 0 Å². The first kappa shape index (κ1) is 14.8. The van der Waals surface area contributed by atoms with Gasteiger partial charge in [0.1, 0.15) is 5.82 Å². The normalized spacial score (nSPS) is 27.8. The molecule has 106 valence electrons. The van der Waals surface area contributed by atoms with Crippen molar-refractivity contribution < 1.29 is 9.13 Å². The second kappa shape index (κ2) is 5.78. The molecule has 0 amide bonds. The van der Waals surface area contributed by atoms with Crippen LogP contribution in [0.2, 0.25) is 5.02 Å². The molecule has 0 spiro atoms. The Morgan fingerprint density at radius 3 is 2.89 bits per heavy atom. The van der Waals surface area contributed by atoms with E-state index in [2.05, 4.69) is 26.1 Å². The van der Waals surface area contributed by atoms with Gasteiger partial charge in [-0.05, 0) is 37.0 Å². The third kappa shape index (κ3) is 3.68. The minimum absolute atomic E-state index is 0.0735. The maximum Gasteiger partial charge on any atom is 0.141 e. The summed E-state index contributed by atoms with van der Waals surface area (Å²) in [7, 11) is 0. The Kier molecular flexibility index (Phi) is 4.49. The fourth-order valence-corrected chi connectivity index (χ4v) is 2.97. The third-order valence-corrected chi connectivity index (χ3v) is 3.70. The first-order valence-electron chi connectivity index (χ1n) is 6.73. The lowest BCUT2D eigenvalue weighted by molar-refractivity contribution is -0.117. The van der Waals surface area contributed by atoms with Crippen molar-refractivity contribution in [2.75, 3.05) is 13.1 Å². The van der Waals surface area contributed by atoms with Gasteiger partial charge in [-0.1, -0.05) is 31.5 Å². The zero-order valence-corrected chi connectivity index (χ0v) is 12.4. The SMILES string of the molecule is CC(C)CC1(C)CNCC(c2ccc(F)c(Cl)c2)O1. The number of rotatable bonds is 3. The minimum atomic E-state index is -0.390. The number of benzene rings is 1.